The van der Waals surface area contributed by atoms with Gasteiger partial charge in [-0.15, -0.1) is 0 Å². The molecule has 4 amide bonds. The van der Waals surface area contributed by atoms with E-state index in [1.807, 2.05) is 0 Å². The molecule has 10 heteroatoms. The van der Waals surface area contributed by atoms with E-state index in [0.29, 0.717) is 37.5 Å². The van der Waals surface area contributed by atoms with Crippen molar-refractivity contribution < 1.29 is 23.3 Å². The number of piperidine rings is 1. The minimum atomic E-state index is -0.482. The quantitative estimate of drug-likeness (QED) is 0.663. The fraction of sp³-hybridized carbons (Fsp3) is 0.400. The van der Waals surface area contributed by atoms with Gasteiger partial charge in [0.2, 0.25) is 11.8 Å². The first-order valence-corrected chi connectivity index (χ1v) is 9.69. The van der Waals surface area contributed by atoms with Gasteiger partial charge >= 0.3 is 6.03 Å². The molecular formula is C20H24FN5O4. The van der Waals surface area contributed by atoms with E-state index in [1.165, 1.54) is 12.1 Å². The van der Waals surface area contributed by atoms with Gasteiger partial charge in [-0.25, -0.2) is 9.18 Å². The fourth-order valence-electron chi connectivity index (χ4n) is 3.16. The Bertz CT molecular complexity index is 891. The maximum Gasteiger partial charge on any atom is 0.315 e. The molecule has 9 nitrogen and oxygen atoms in total. The standard InChI is InChI=1S/C20H24FN5O4/c1-13-10-17(25-30-13)24-19(28)15-6-8-26(9-7-15)18(27)12-23-20(29)22-11-14-2-4-16(21)5-3-14/h2-5,10,15H,6-9,11-12H2,1H3,(H2,22,23,29)(H,24,25,28). The van der Waals surface area contributed by atoms with Crippen LogP contribution < -0.4 is 16.0 Å². The van der Waals surface area contributed by atoms with Gasteiger partial charge in [-0.05, 0) is 37.5 Å². The number of carbonyl (C=O) groups excluding carboxylic acids is 3. The first-order valence-electron chi connectivity index (χ1n) is 9.69. The van der Waals surface area contributed by atoms with Crippen LogP contribution in [0.1, 0.15) is 24.2 Å². The lowest BCUT2D eigenvalue weighted by molar-refractivity contribution is -0.133. The molecule has 0 radical (unpaired) electrons. The fourth-order valence-corrected chi connectivity index (χ4v) is 3.16. The molecule has 2 aromatic rings. The second kappa shape index (κ2) is 9.86. The van der Waals surface area contributed by atoms with Crippen molar-refractivity contribution in [2.24, 2.45) is 5.92 Å². The molecule has 1 fully saturated rings. The maximum atomic E-state index is 12.9. The molecule has 3 rings (SSSR count). The first-order chi connectivity index (χ1) is 14.4. The van der Waals surface area contributed by atoms with Crippen molar-refractivity contribution in [1.82, 2.24) is 20.7 Å². The molecule has 2 heterocycles. The molecule has 1 aromatic carbocycles. The molecule has 3 N–H and O–H groups in total. The minimum Gasteiger partial charge on any atom is -0.360 e. The van der Waals surface area contributed by atoms with Gasteiger partial charge in [0.05, 0.1) is 6.54 Å². The van der Waals surface area contributed by atoms with Crippen LogP contribution in [0.25, 0.3) is 0 Å². The van der Waals surface area contributed by atoms with Crippen LogP contribution in [0.15, 0.2) is 34.9 Å². The van der Waals surface area contributed by atoms with Crippen LogP contribution in [0.5, 0.6) is 0 Å². The van der Waals surface area contributed by atoms with Crippen LogP contribution in [0.3, 0.4) is 0 Å². The van der Waals surface area contributed by atoms with Gasteiger partial charge in [-0.3, -0.25) is 9.59 Å². The first kappa shape index (κ1) is 21.3. The normalized spacial score (nSPS) is 14.3. The monoisotopic (exact) mass is 417 g/mol. The van der Waals surface area contributed by atoms with E-state index in [0.717, 1.165) is 5.56 Å². The number of likely N-dealkylation sites (tertiary alicyclic amines) is 1. The predicted octanol–water partition coefficient (Wildman–Crippen LogP) is 1.80. The van der Waals surface area contributed by atoms with Gasteiger partial charge in [0.15, 0.2) is 5.82 Å². The summed E-state index contributed by atoms with van der Waals surface area (Å²) >= 11 is 0. The second-order valence-corrected chi connectivity index (χ2v) is 7.13. The average molecular weight is 417 g/mol. The highest BCUT2D eigenvalue weighted by atomic mass is 19.1. The lowest BCUT2D eigenvalue weighted by Crippen LogP contribution is -2.47. The van der Waals surface area contributed by atoms with Crippen LogP contribution in [0, 0.1) is 18.7 Å². The van der Waals surface area contributed by atoms with Crippen LogP contribution in [0.4, 0.5) is 15.0 Å². The number of benzene rings is 1. The van der Waals surface area contributed by atoms with Crippen LogP contribution in [-0.4, -0.2) is 47.5 Å². The van der Waals surface area contributed by atoms with E-state index in [4.69, 9.17) is 4.52 Å². The Kier molecular flexibility index (Phi) is 6.99. The van der Waals surface area contributed by atoms with Crippen LogP contribution >= 0.6 is 0 Å². The molecular weight excluding hydrogens is 393 g/mol. The van der Waals surface area contributed by atoms with Crippen molar-refractivity contribution >= 4 is 23.7 Å². The Morgan fingerprint density at radius 1 is 1.17 bits per heavy atom. The number of aromatic nitrogens is 1. The van der Waals surface area contributed by atoms with Crippen LogP contribution in [0.2, 0.25) is 0 Å². The number of hydrogen-bond donors (Lipinski definition) is 3. The number of nitrogens with one attached hydrogen (secondary N) is 3. The van der Waals surface area contributed by atoms with E-state index in [2.05, 4.69) is 21.1 Å². The molecule has 0 spiro atoms. The lowest BCUT2D eigenvalue weighted by atomic mass is 9.96. The second-order valence-electron chi connectivity index (χ2n) is 7.13. The van der Waals surface area contributed by atoms with E-state index >= 15 is 0 Å². The molecule has 160 valence electrons. The summed E-state index contributed by atoms with van der Waals surface area (Å²) in [4.78, 5) is 38.1. The smallest absolute Gasteiger partial charge is 0.315 e. The topological polar surface area (TPSA) is 117 Å². The number of carbonyl (C=O) groups is 3. The summed E-state index contributed by atoms with van der Waals surface area (Å²) in [6, 6.07) is 6.94. The van der Waals surface area contributed by atoms with Crippen molar-refractivity contribution in [2.45, 2.75) is 26.3 Å². The summed E-state index contributed by atoms with van der Waals surface area (Å²) in [5.41, 5.74) is 0.749. The summed E-state index contributed by atoms with van der Waals surface area (Å²) < 4.78 is 17.8. The van der Waals surface area contributed by atoms with E-state index in [9.17, 15) is 18.8 Å². The number of anilines is 1. The number of rotatable bonds is 6. The highest BCUT2D eigenvalue weighted by Crippen LogP contribution is 2.19. The van der Waals surface area contributed by atoms with E-state index in [-0.39, 0.29) is 36.6 Å². The van der Waals surface area contributed by atoms with Gasteiger partial charge in [0.25, 0.3) is 0 Å². The van der Waals surface area contributed by atoms with Gasteiger partial charge < -0.3 is 25.4 Å². The Hall–Kier alpha value is -3.43. The number of halogens is 1. The Morgan fingerprint density at radius 2 is 1.87 bits per heavy atom. The SMILES string of the molecule is Cc1cc(NC(=O)C2CCN(C(=O)CNC(=O)NCc3ccc(F)cc3)CC2)no1. The number of amides is 4. The van der Waals surface area contributed by atoms with Gasteiger partial charge in [0.1, 0.15) is 11.6 Å². The summed E-state index contributed by atoms with van der Waals surface area (Å²) in [5, 5.41) is 11.6. The molecule has 1 saturated heterocycles. The number of hydrogen-bond acceptors (Lipinski definition) is 5. The molecule has 0 unspecified atom stereocenters. The van der Waals surface area contributed by atoms with Crippen molar-refractivity contribution in [3.05, 3.63) is 47.5 Å². The van der Waals surface area contributed by atoms with Crippen molar-refractivity contribution in [2.75, 3.05) is 25.0 Å². The highest BCUT2D eigenvalue weighted by molar-refractivity contribution is 5.92. The minimum absolute atomic E-state index is 0.135. The summed E-state index contributed by atoms with van der Waals surface area (Å²) in [6.45, 7) is 2.71. The predicted molar refractivity (Wildman–Crippen MR) is 106 cm³/mol. The molecule has 1 aliphatic rings. The number of urea groups is 1. The van der Waals surface area contributed by atoms with Gasteiger partial charge in [0, 0.05) is 31.6 Å². The molecule has 1 aliphatic heterocycles. The largest absolute Gasteiger partial charge is 0.360 e. The van der Waals surface area contributed by atoms with Crippen molar-refractivity contribution in [3.63, 3.8) is 0 Å². The summed E-state index contributed by atoms with van der Waals surface area (Å²) in [5.74, 6) is 0.0831. The zero-order valence-electron chi connectivity index (χ0n) is 16.6. The number of aryl methyl sites for hydroxylation is 1. The van der Waals surface area contributed by atoms with Crippen molar-refractivity contribution in [3.8, 4) is 0 Å². The highest BCUT2D eigenvalue weighted by Gasteiger charge is 2.27. The number of nitrogens with zero attached hydrogens (tertiary/aromatic N) is 2. The summed E-state index contributed by atoms with van der Waals surface area (Å²) in [6.07, 6.45) is 1.07. The molecule has 0 bridgehead atoms. The van der Waals surface area contributed by atoms with Crippen molar-refractivity contribution in [1.29, 1.82) is 0 Å². The average Bonchev–Trinajstić information content (AvgIpc) is 3.16. The van der Waals surface area contributed by atoms with E-state index < -0.39 is 6.03 Å². The zero-order valence-corrected chi connectivity index (χ0v) is 16.6. The Balaban J connectivity index is 1.35. The zero-order chi connectivity index (χ0) is 21.5. The molecule has 30 heavy (non-hydrogen) atoms. The molecule has 0 atom stereocenters. The Labute approximate surface area is 173 Å². The lowest BCUT2D eigenvalue weighted by Gasteiger charge is -2.31. The third kappa shape index (κ3) is 6.03. The molecule has 1 aromatic heterocycles. The molecule has 0 aliphatic carbocycles. The van der Waals surface area contributed by atoms with Gasteiger partial charge in [-0.2, -0.15) is 0 Å². The Morgan fingerprint density at radius 3 is 2.50 bits per heavy atom. The summed E-state index contributed by atoms with van der Waals surface area (Å²) in [7, 11) is 0. The molecule has 0 saturated carbocycles. The third-order valence-electron chi connectivity index (χ3n) is 4.86. The maximum absolute atomic E-state index is 12.9. The third-order valence-corrected chi connectivity index (χ3v) is 4.86. The van der Waals surface area contributed by atoms with E-state index in [1.54, 1.807) is 30.0 Å². The van der Waals surface area contributed by atoms with Crippen LogP contribution in [-0.2, 0) is 16.1 Å². The van der Waals surface area contributed by atoms with Gasteiger partial charge in [-0.1, -0.05) is 17.3 Å².